The van der Waals surface area contributed by atoms with Crippen molar-refractivity contribution in [2.24, 2.45) is 5.73 Å². The van der Waals surface area contributed by atoms with Crippen molar-refractivity contribution in [3.8, 4) is 0 Å². The number of carboxylic acid groups (broad SMARTS) is 1. The number of hydrogen-bond donors (Lipinski definition) is 4. The molecule has 7 heteroatoms. The van der Waals surface area contributed by atoms with Gasteiger partial charge in [-0.1, -0.05) is 0 Å². The summed E-state index contributed by atoms with van der Waals surface area (Å²) < 4.78 is 4.84. The van der Waals surface area contributed by atoms with E-state index in [1.165, 1.54) is 6.92 Å². The zero-order valence-corrected chi connectivity index (χ0v) is 10.8. The first-order chi connectivity index (χ1) is 8.28. The van der Waals surface area contributed by atoms with E-state index in [1.807, 2.05) is 0 Å². The van der Waals surface area contributed by atoms with Gasteiger partial charge in [-0.15, -0.1) is 0 Å². The zero-order valence-electron chi connectivity index (χ0n) is 10.8. The number of carbonyl (C=O) groups excluding carboxylic acids is 1. The van der Waals surface area contributed by atoms with Gasteiger partial charge in [-0.05, 0) is 19.8 Å². The molecule has 7 nitrogen and oxygen atoms in total. The normalized spacial score (nSPS) is 15.8. The molecule has 0 saturated carbocycles. The first-order valence-electron chi connectivity index (χ1n) is 5.75. The molecule has 1 amide bonds. The van der Waals surface area contributed by atoms with Crippen molar-refractivity contribution < 1.29 is 24.5 Å². The lowest BCUT2D eigenvalue weighted by Crippen LogP contribution is -2.47. The molecule has 0 aliphatic heterocycles. The molecule has 2 unspecified atom stereocenters. The average Bonchev–Trinajstić information content (AvgIpc) is 2.24. The molecule has 0 heterocycles. The number of hydrogen-bond acceptors (Lipinski definition) is 5. The van der Waals surface area contributed by atoms with E-state index in [1.54, 1.807) is 7.11 Å². The van der Waals surface area contributed by atoms with Gasteiger partial charge < -0.3 is 26.0 Å². The molecule has 0 aromatic heterocycles. The number of nitrogens with two attached hydrogens (primary N) is 1. The lowest BCUT2D eigenvalue weighted by molar-refractivity contribution is -0.142. The minimum atomic E-state index is -1.48. The summed E-state index contributed by atoms with van der Waals surface area (Å²) >= 11 is 0. The Balaban J connectivity index is 3.97. The largest absolute Gasteiger partial charge is 0.481 e. The Labute approximate surface area is 106 Å². The highest BCUT2D eigenvalue weighted by Gasteiger charge is 2.25. The lowest BCUT2D eigenvalue weighted by atomic mass is 10.0. The maximum absolute atomic E-state index is 11.5. The van der Waals surface area contributed by atoms with E-state index in [0.29, 0.717) is 19.4 Å². The van der Waals surface area contributed by atoms with Gasteiger partial charge in [0, 0.05) is 20.3 Å². The van der Waals surface area contributed by atoms with E-state index in [-0.39, 0.29) is 6.54 Å². The molecule has 0 aromatic rings. The number of carbonyl (C=O) groups is 2. The van der Waals surface area contributed by atoms with Crippen LogP contribution in [0.1, 0.15) is 26.2 Å². The summed E-state index contributed by atoms with van der Waals surface area (Å²) in [7, 11) is 1.56. The van der Waals surface area contributed by atoms with E-state index >= 15 is 0 Å². The smallest absolute Gasteiger partial charge is 0.306 e. The van der Waals surface area contributed by atoms with Crippen LogP contribution in [0, 0.1) is 0 Å². The molecule has 0 aromatic carbocycles. The van der Waals surface area contributed by atoms with Crippen LogP contribution < -0.4 is 11.1 Å². The fourth-order valence-electron chi connectivity index (χ4n) is 1.38. The lowest BCUT2D eigenvalue weighted by Gasteiger charge is -2.22. The van der Waals surface area contributed by atoms with E-state index < -0.39 is 29.9 Å². The second-order valence-electron chi connectivity index (χ2n) is 4.53. The van der Waals surface area contributed by atoms with Gasteiger partial charge in [-0.3, -0.25) is 9.59 Å². The second kappa shape index (κ2) is 8.02. The minimum absolute atomic E-state index is 0.143. The first-order valence-corrected chi connectivity index (χ1v) is 5.75. The van der Waals surface area contributed by atoms with Gasteiger partial charge >= 0.3 is 5.97 Å². The van der Waals surface area contributed by atoms with Crippen molar-refractivity contribution in [3.05, 3.63) is 0 Å². The number of aliphatic hydroxyl groups is 1. The van der Waals surface area contributed by atoms with Crippen molar-refractivity contribution in [2.45, 2.75) is 37.8 Å². The molecule has 18 heavy (non-hydrogen) atoms. The molecule has 106 valence electrons. The third-order valence-corrected chi connectivity index (χ3v) is 2.38. The Morgan fingerprint density at radius 1 is 1.50 bits per heavy atom. The molecule has 5 N–H and O–H groups in total. The average molecular weight is 262 g/mol. The Kier molecular flexibility index (Phi) is 7.49. The van der Waals surface area contributed by atoms with Crippen molar-refractivity contribution in [2.75, 3.05) is 20.3 Å². The standard InChI is InChI=1S/C11H22N2O5/c1-11(17,6-9(14)15)7-13-10(16)8(12)4-3-5-18-2/h8,17H,3-7,12H2,1-2H3,(H,13,16)(H,14,15). The number of amides is 1. The number of carboxylic acids is 1. The molecule has 0 spiro atoms. The van der Waals surface area contributed by atoms with Crippen LogP contribution >= 0.6 is 0 Å². The predicted octanol–water partition coefficient (Wildman–Crippen LogP) is -0.918. The van der Waals surface area contributed by atoms with Crippen LogP contribution in [0.2, 0.25) is 0 Å². The summed E-state index contributed by atoms with van der Waals surface area (Å²) in [5, 5.41) is 20.7. The molecule has 0 saturated heterocycles. The molecule has 0 fully saturated rings. The van der Waals surface area contributed by atoms with Crippen molar-refractivity contribution in [1.29, 1.82) is 0 Å². The monoisotopic (exact) mass is 262 g/mol. The third kappa shape index (κ3) is 7.99. The fraction of sp³-hybridized carbons (Fsp3) is 0.818. The Morgan fingerprint density at radius 2 is 2.11 bits per heavy atom. The highest BCUT2D eigenvalue weighted by atomic mass is 16.5. The van der Waals surface area contributed by atoms with Gasteiger partial charge in [0.25, 0.3) is 0 Å². The highest BCUT2D eigenvalue weighted by Crippen LogP contribution is 2.07. The molecule has 2 atom stereocenters. The number of nitrogens with one attached hydrogen (secondary N) is 1. The summed E-state index contributed by atoms with van der Waals surface area (Å²) in [6, 6.07) is -0.680. The molecule has 0 aliphatic rings. The Morgan fingerprint density at radius 3 is 2.61 bits per heavy atom. The van der Waals surface area contributed by atoms with Crippen molar-refractivity contribution in [1.82, 2.24) is 5.32 Å². The Bertz CT molecular complexity index is 281. The van der Waals surface area contributed by atoms with Crippen LogP contribution in [0.3, 0.4) is 0 Å². The summed E-state index contributed by atoms with van der Waals surface area (Å²) in [5.41, 5.74) is 4.14. The summed E-state index contributed by atoms with van der Waals surface area (Å²) in [6.07, 6.45) is 0.698. The fourth-order valence-corrected chi connectivity index (χ4v) is 1.38. The maximum atomic E-state index is 11.5. The van der Waals surface area contributed by atoms with Gasteiger partial charge in [0.1, 0.15) is 0 Å². The number of methoxy groups -OCH3 is 1. The van der Waals surface area contributed by atoms with E-state index in [2.05, 4.69) is 5.32 Å². The molecule has 0 radical (unpaired) electrons. The van der Waals surface area contributed by atoms with Gasteiger partial charge in [-0.2, -0.15) is 0 Å². The van der Waals surface area contributed by atoms with Crippen molar-refractivity contribution in [3.63, 3.8) is 0 Å². The van der Waals surface area contributed by atoms with E-state index in [4.69, 9.17) is 15.6 Å². The summed E-state index contributed by atoms with van der Waals surface area (Å²) in [5.74, 6) is -1.53. The summed E-state index contributed by atoms with van der Waals surface area (Å²) in [6.45, 7) is 1.73. The van der Waals surface area contributed by atoms with E-state index in [9.17, 15) is 14.7 Å². The van der Waals surface area contributed by atoms with Gasteiger partial charge in [0.15, 0.2) is 0 Å². The van der Waals surface area contributed by atoms with Crippen LogP contribution in [-0.2, 0) is 14.3 Å². The van der Waals surface area contributed by atoms with Crippen LogP contribution in [0.5, 0.6) is 0 Å². The van der Waals surface area contributed by atoms with Crippen LogP contribution in [-0.4, -0.2) is 54.0 Å². The van der Waals surface area contributed by atoms with Crippen LogP contribution in [0.4, 0.5) is 0 Å². The van der Waals surface area contributed by atoms with Gasteiger partial charge in [0.2, 0.25) is 5.91 Å². The molecule has 0 rings (SSSR count). The summed E-state index contributed by atoms with van der Waals surface area (Å²) in [4.78, 5) is 22.0. The second-order valence-corrected chi connectivity index (χ2v) is 4.53. The van der Waals surface area contributed by atoms with Crippen LogP contribution in [0.25, 0.3) is 0 Å². The van der Waals surface area contributed by atoms with E-state index in [0.717, 1.165) is 0 Å². The molecule has 0 bridgehead atoms. The topological polar surface area (TPSA) is 122 Å². The van der Waals surface area contributed by atoms with Gasteiger partial charge in [-0.25, -0.2) is 0 Å². The highest BCUT2D eigenvalue weighted by molar-refractivity contribution is 5.81. The zero-order chi connectivity index (χ0) is 14.2. The molecule has 0 aliphatic carbocycles. The van der Waals surface area contributed by atoms with Crippen molar-refractivity contribution >= 4 is 11.9 Å². The first kappa shape index (κ1) is 16.8. The third-order valence-electron chi connectivity index (χ3n) is 2.38. The number of ether oxygens (including phenoxy) is 1. The maximum Gasteiger partial charge on any atom is 0.306 e. The quantitative estimate of drug-likeness (QED) is 0.399. The SMILES string of the molecule is COCCCC(N)C(=O)NCC(C)(O)CC(=O)O. The molecular formula is C11H22N2O5. The number of aliphatic carboxylic acids is 1. The van der Waals surface area contributed by atoms with Crippen LogP contribution in [0.15, 0.2) is 0 Å². The Hall–Kier alpha value is -1.18. The minimum Gasteiger partial charge on any atom is -0.481 e. The predicted molar refractivity (Wildman–Crippen MR) is 65.0 cm³/mol. The number of rotatable bonds is 9. The van der Waals surface area contributed by atoms with Gasteiger partial charge in [0.05, 0.1) is 18.1 Å². The molecular weight excluding hydrogens is 240 g/mol.